The lowest BCUT2D eigenvalue weighted by atomic mass is 9.90. The number of benzene rings is 2. The molecule has 0 spiro atoms. The van der Waals surface area contributed by atoms with E-state index in [9.17, 15) is 4.79 Å². The molecule has 24 heavy (non-hydrogen) atoms. The summed E-state index contributed by atoms with van der Waals surface area (Å²) in [7, 11) is 0. The summed E-state index contributed by atoms with van der Waals surface area (Å²) in [5.74, 6) is -0.0394. The zero-order valence-corrected chi connectivity index (χ0v) is 15.6. The second-order valence-electron chi connectivity index (χ2n) is 5.98. The van der Waals surface area contributed by atoms with Crippen LogP contribution in [0.4, 0.5) is 0 Å². The van der Waals surface area contributed by atoms with Crippen molar-refractivity contribution in [3.05, 3.63) is 69.7 Å². The van der Waals surface area contributed by atoms with Gasteiger partial charge in [0, 0.05) is 22.2 Å². The van der Waals surface area contributed by atoms with E-state index in [-0.39, 0.29) is 24.1 Å². The van der Waals surface area contributed by atoms with Crippen molar-refractivity contribution in [3.8, 4) is 0 Å². The second kappa shape index (κ2) is 8.87. The summed E-state index contributed by atoms with van der Waals surface area (Å²) in [6.45, 7) is 2.89. The lowest BCUT2D eigenvalue weighted by Crippen LogP contribution is -2.30. The van der Waals surface area contributed by atoms with E-state index in [4.69, 9.17) is 23.2 Å². The number of carbonyl (C=O) groups excluding carboxylic acids is 1. The van der Waals surface area contributed by atoms with E-state index in [1.54, 1.807) is 24.3 Å². The first-order valence-electron chi connectivity index (χ1n) is 7.91. The number of carbonyl (C=O) groups is 1. The second-order valence-corrected chi connectivity index (χ2v) is 6.86. The van der Waals surface area contributed by atoms with E-state index in [1.165, 1.54) is 12.8 Å². The Labute approximate surface area is 159 Å². The predicted molar refractivity (Wildman–Crippen MR) is 103 cm³/mol. The molecule has 1 atom stereocenters. The highest BCUT2D eigenvalue weighted by atomic mass is 35.5. The van der Waals surface area contributed by atoms with Crippen molar-refractivity contribution in [2.24, 2.45) is 0 Å². The maximum absolute atomic E-state index is 13.0. The summed E-state index contributed by atoms with van der Waals surface area (Å²) in [5.41, 5.74) is 1.72. The van der Waals surface area contributed by atoms with Crippen molar-refractivity contribution in [3.63, 3.8) is 0 Å². The zero-order valence-electron chi connectivity index (χ0n) is 13.3. The van der Waals surface area contributed by atoms with Gasteiger partial charge in [-0.2, -0.15) is 0 Å². The number of nitrogens with zero attached hydrogens (tertiary/aromatic N) is 1. The highest BCUT2D eigenvalue weighted by Gasteiger charge is 2.26. The van der Waals surface area contributed by atoms with Crippen molar-refractivity contribution in [2.45, 2.75) is 18.8 Å². The minimum absolute atomic E-state index is 0. The van der Waals surface area contributed by atoms with Gasteiger partial charge in [0.15, 0.2) is 5.78 Å². The van der Waals surface area contributed by atoms with Crippen molar-refractivity contribution in [1.82, 2.24) is 4.90 Å². The first kappa shape index (κ1) is 19.3. The molecule has 3 rings (SSSR count). The van der Waals surface area contributed by atoms with Gasteiger partial charge in [-0.1, -0.05) is 35.3 Å². The SMILES string of the molecule is Cl.O=C(c1ccc(Cl)cc1)C(CN1CCCC1)c1ccc(Cl)cc1. The van der Waals surface area contributed by atoms with E-state index in [0.29, 0.717) is 15.6 Å². The number of rotatable bonds is 5. The summed E-state index contributed by atoms with van der Waals surface area (Å²) in [6.07, 6.45) is 2.42. The molecule has 2 aromatic carbocycles. The molecule has 0 bridgehead atoms. The molecule has 1 aliphatic heterocycles. The van der Waals surface area contributed by atoms with Gasteiger partial charge in [0.1, 0.15) is 0 Å². The van der Waals surface area contributed by atoms with Gasteiger partial charge in [-0.3, -0.25) is 4.79 Å². The van der Waals surface area contributed by atoms with Gasteiger partial charge in [-0.25, -0.2) is 0 Å². The maximum atomic E-state index is 13.0. The zero-order chi connectivity index (χ0) is 16.2. The lowest BCUT2D eigenvalue weighted by molar-refractivity contribution is 0.0939. The number of likely N-dealkylation sites (tertiary alicyclic amines) is 1. The van der Waals surface area contributed by atoms with Crippen molar-refractivity contribution in [1.29, 1.82) is 0 Å². The van der Waals surface area contributed by atoms with E-state index in [2.05, 4.69) is 4.90 Å². The van der Waals surface area contributed by atoms with E-state index < -0.39 is 0 Å². The first-order chi connectivity index (χ1) is 11.1. The van der Waals surface area contributed by atoms with Crippen molar-refractivity contribution in [2.75, 3.05) is 19.6 Å². The highest BCUT2D eigenvalue weighted by molar-refractivity contribution is 6.31. The van der Waals surface area contributed by atoms with Crippen LogP contribution in [0.3, 0.4) is 0 Å². The standard InChI is InChI=1S/C19H19Cl2NO.ClH/c20-16-7-3-14(4-8-16)18(13-22-11-1-2-12-22)19(23)15-5-9-17(21)10-6-15;/h3-10,18H,1-2,11-13H2;1H. The molecule has 1 aliphatic rings. The van der Waals surface area contributed by atoms with Gasteiger partial charge in [-0.15, -0.1) is 12.4 Å². The Bertz CT molecular complexity index is 664. The summed E-state index contributed by atoms with van der Waals surface area (Å²) in [4.78, 5) is 15.4. The number of Topliss-reactive ketones (excluding diaryl/α,β-unsaturated/α-hetero) is 1. The summed E-state index contributed by atoms with van der Waals surface area (Å²) >= 11 is 11.9. The number of ketones is 1. The Morgan fingerprint density at radius 2 is 1.42 bits per heavy atom. The van der Waals surface area contributed by atoms with Gasteiger partial charge in [0.05, 0.1) is 5.92 Å². The predicted octanol–water partition coefficient (Wildman–Crippen LogP) is 5.48. The summed E-state index contributed by atoms with van der Waals surface area (Å²) in [5, 5.41) is 1.33. The third-order valence-corrected chi connectivity index (χ3v) is 4.86. The quantitative estimate of drug-likeness (QED) is 0.636. The van der Waals surface area contributed by atoms with Crippen LogP contribution in [0.1, 0.15) is 34.7 Å². The maximum Gasteiger partial charge on any atom is 0.171 e. The van der Waals surface area contributed by atoms with Crippen LogP contribution in [0.15, 0.2) is 48.5 Å². The molecule has 128 valence electrons. The molecule has 1 heterocycles. The van der Waals surface area contributed by atoms with Gasteiger partial charge < -0.3 is 4.90 Å². The van der Waals surface area contributed by atoms with E-state index >= 15 is 0 Å². The molecule has 1 unspecified atom stereocenters. The fourth-order valence-electron chi connectivity index (χ4n) is 3.07. The molecule has 2 aromatic rings. The summed E-state index contributed by atoms with van der Waals surface area (Å²) < 4.78 is 0. The third-order valence-electron chi connectivity index (χ3n) is 4.36. The lowest BCUT2D eigenvalue weighted by Gasteiger charge is -2.23. The molecule has 1 saturated heterocycles. The van der Waals surface area contributed by atoms with Crippen LogP contribution in [0.2, 0.25) is 10.0 Å². The fourth-order valence-corrected chi connectivity index (χ4v) is 3.33. The Kier molecular flexibility index (Phi) is 7.12. The number of hydrogen-bond acceptors (Lipinski definition) is 2. The number of hydrogen-bond donors (Lipinski definition) is 0. The molecular formula is C19H20Cl3NO. The van der Waals surface area contributed by atoms with Crippen molar-refractivity contribution < 1.29 is 4.79 Å². The van der Waals surface area contributed by atoms with E-state index in [1.807, 2.05) is 24.3 Å². The Morgan fingerprint density at radius 3 is 1.96 bits per heavy atom. The Balaban J connectivity index is 0.00000208. The van der Waals surface area contributed by atoms with Crippen LogP contribution in [0.5, 0.6) is 0 Å². The smallest absolute Gasteiger partial charge is 0.171 e. The fraction of sp³-hybridized carbons (Fsp3) is 0.316. The van der Waals surface area contributed by atoms with Crippen LogP contribution in [0, 0.1) is 0 Å². The molecular weight excluding hydrogens is 365 g/mol. The van der Waals surface area contributed by atoms with E-state index in [0.717, 1.165) is 25.2 Å². The molecule has 5 heteroatoms. The average Bonchev–Trinajstić information content (AvgIpc) is 3.07. The molecule has 0 amide bonds. The monoisotopic (exact) mass is 383 g/mol. The molecule has 0 N–H and O–H groups in total. The van der Waals surface area contributed by atoms with Crippen molar-refractivity contribution >= 4 is 41.4 Å². The third kappa shape index (κ3) is 4.73. The van der Waals surface area contributed by atoms with Gasteiger partial charge in [0.2, 0.25) is 0 Å². The highest BCUT2D eigenvalue weighted by Crippen LogP contribution is 2.26. The van der Waals surface area contributed by atoms with Crippen LogP contribution in [-0.4, -0.2) is 30.3 Å². The van der Waals surface area contributed by atoms with Crippen LogP contribution < -0.4 is 0 Å². The summed E-state index contributed by atoms with van der Waals surface area (Å²) in [6, 6.07) is 14.8. The first-order valence-corrected chi connectivity index (χ1v) is 8.67. The minimum atomic E-state index is -0.174. The number of halogens is 3. The molecule has 0 radical (unpaired) electrons. The van der Waals surface area contributed by atoms with Crippen LogP contribution >= 0.6 is 35.6 Å². The molecule has 2 nitrogen and oxygen atoms in total. The average molecular weight is 385 g/mol. The minimum Gasteiger partial charge on any atom is -0.302 e. The van der Waals surface area contributed by atoms with Gasteiger partial charge >= 0.3 is 0 Å². The topological polar surface area (TPSA) is 20.3 Å². The molecule has 0 aromatic heterocycles. The van der Waals surface area contributed by atoms with Crippen LogP contribution in [0.25, 0.3) is 0 Å². The van der Waals surface area contributed by atoms with Gasteiger partial charge in [-0.05, 0) is 67.9 Å². The molecule has 1 fully saturated rings. The normalized spacial score (nSPS) is 15.8. The Hall–Kier alpha value is -1.06. The van der Waals surface area contributed by atoms with Crippen LogP contribution in [-0.2, 0) is 0 Å². The largest absolute Gasteiger partial charge is 0.302 e. The van der Waals surface area contributed by atoms with Gasteiger partial charge in [0.25, 0.3) is 0 Å². The Morgan fingerprint density at radius 1 is 0.917 bits per heavy atom. The molecule has 0 saturated carbocycles. The molecule has 0 aliphatic carbocycles.